The highest BCUT2D eigenvalue weighted by Gasteiger charge is 2.00. The molecular formula is C11H20O10. The summed E-state index contributed by atoms with van der Waals surface area (Å²) in [5.74, 6) is -4.05. The molecule has 6 N–H and O–H groups in total. The number of hydrogen-bond acceptors (Lipinski definition) is 6. The zero-order valence-corrected chi connectivity index (χ0v) is 11.3. The topological polar surface area (TPSA) is 190 Å². The Morgan fingerprint density at radius 3 is 0.905 bits per heavy atom. The molecule has 0 fully saturated rings. The van der Waals surface area contributed by atoms with Crippen molar-refractivity contribution in [3.63, 3.8) is 0 Å². The maximum absolute atomic E-state index is 9.79. The van der Waals surface area contributed by atoms with Gasteiger partial charge in [0, 0.05) is 12.8 Å². The second-order valence-corrected chi connectivity index (χ2v) is 3.38. The molecule has 0 bridgehead atoms. The number of carboxylic acids is 4. The van der Waals surface area contributed by atoms with Crippen LogP contribution in [0.3, 0.4) is 0 Å². The molecule has 0 aliphatic heterocycles. The van der Waals surface area contributed by atoms with E-state index < -0.39 is 23.9 Å². The van der Waals surface area contributed by atoms with Gasteiger partial charge in [-0.1, -0.05) is 0 Å². The molecule has 0 aromatic carbocycles. The van der Waals surface area contributed by atoms with Crippen molar-refractivity contribution in [2.45, 2.75) is 32.1 Å². The average Bonchev–Trinajstić information content (AvgIpc) is 2.36. The molecule has 0 aromatic rings. The summed E-state index contributed by atoms with van der Waals surface area (Å²) in [5.41, 5.74) is 0. The van der Waals surface area contributed by atoms with Gasteiger partial charge in [-0.25, -0.2) is 0 Å². The largest absolute Gasteiger partial charge is 0.481 e. The summed E-state index contributed by atoms with van der Waals surface area (Å²) in [5, 5.41) is 47.1. The molecule has 21 heavy (non-hydrogen) atoms. The van der Waals surface area contributed by atoms with Gasteiger partial charge in [-0.15, -0.1) is 0 Å². The second-order valence-electron chi connectivity index (χ2n) is 3.38. The fraction of sp³-hybridized carbons (Fsp3) is 0.636. The molecule has 0 atom stereocenters. The summed E-state index contributed by atoms with van der Waals surface area (Å²) in [7, 11) is 0. The van der Waals surface area contributed by atoms with Crippen molar-refractivity contribution in [1.29, 1.82) is 0 Å². The van der Waals surface area contributed by atoms with Crippen molar-refractivity contribution in [2.75, 3.05) is 13.2 Å². The van der Waals surface area contributed by atoms with Crippen molar-refractivity contribution < 1.29 is 49.8 Å². The third-order valence-electron chi connectivity index (χ3n) is 1.43. The molecular weight excluding hydrogens is 292 g/mol. The number of carboxylic acid groups (broad SMARTS) is 4. The lowest BCUT2D eigenvalue weighted by Crippen LogP contribution is -2.00. The quantitative estimate of drug-likeness (QED) is 0.332. The van der Waals surface area contributed by atoms with Gasteiger partial charge in [-0.3, -0.25) is 19.2 Å². The highest BCUT2D eigenvalue weighted by atomic mass is 16.4. The lowest BCUT2D eigenvalue weighted by Gasteiger charge is -1.89. The standard InChI is InChI=1S/C5H8O4.C4H6O4.C2H6O2/c6-4(7)2-1-3-5(8)9;5-3(6)1-2-4(7)8;3-1-2-4/h1-3H2,(H,6,7)(H,8,9);1-2H2,(H,5,6)(H,7,8);3-4H,1-2H2. The highest BCUT2D eigenvalue weighted by Crippen LogP contribution is 1.93. The SMILES string of the molecule is O=C(O)CCC(=O)O.O=C(O)CCCC(=O)O.OCCO. The van der Waals surface area contributed by atoms with Crippen LogP contribution < -0.4 is 0 Å². The predicted molar refractivity (Wildman–Crippen MR) is 67.8 cm³/mol. The average molecular weight is 312 g/mol. The molecule has 0 rings (SSSR count). The maximum atomic E-state index is 9.79. The minimum Gasteiger partial charge on any atom is -0.481 e. The van der Waals surface area contributed by atoms with Crippen LogP contribution in [0.4, 0.5) is 0 Å². The van der Waals surface area contributed by atoms with Crippen LogP contribution in [0.25, 0.3) is 0 Å². The fourth-order valence-corrected chi connectivity index (χ4v) is 0.605. The van der Waals surface area contributed by atoms with Gasteiger partial charge in [0.25, 0.3) is 0 Å². The maximum Gasteiger partial charge on any atom is 0.303 e. The van der Waals surface area contributed by atoms with Crippen molar-refractivity contribution in [3.05, 3.63) is 0 Å². The van der Waals surface area contributed by atoms with Gasteiger partial charge in [-0.05, 0) is 6.42 Å². The molecule has 0 saturated carbocycles. The molecule has 0 saturated heterocycles. The lowest BCUT2D eigenvalue weighted by molar-refractivity contribution is -0.143. The zero-order chi connectivity index (χ0) is 17.3. The van der Waals surface area contributed by atoms with Crippen molar-refractivity contribution >= 4 is 23.9 Å². The van der Waals surface area contributed by atoms with E-state index in [1.54, 1.807) is 0 Å². The van der Waals surface area contributed by atoms with Crippen LogP contribution in [0.15, 0.2) is 0 Å². The molecule has 0 unspecified atom stereocenters. The van der Waals surface area contributed by atoms with Crippen LogP contribution in [0.2, 0.25) is 0 Å². The molecule has 124 valence electrons. The first-order valence-corrected chi connectivity index (χ1v) is 5.76. The summed E-state index contributed by atoms with van der Waals surface area (Å²) in [6, 6.07) is 0. The van der Waals surface area contributed by atoms with E-state index in [1.807, 2.05) is 0 Å². The third kappa shape index (κ3) is 46.3. The Balaban J connectivity index is -0.000000249. The summed E-state index contributed by atoms with van der Waals surface area (Å²) in [6.45, 7) is -0.250. The predicted octanol–water partition coefficient (Wildman–Crippen LogP) is -0.767. The van der Waals surface area contributed by atoms with Crippen LogP contribution in [0.1, 0.15) is 32.1 Å². The van der Waals surface area contributed by atoms with E-state index >= 15 is 0 Å². The number of aliphatic carboxylic acids is 4. The Morgan fingerprint density at radius 2 is 0.762 bits per heavy atom. The number of rotatable bonds is 8. The number of aliphatic hydroxyl groups is 2. The van der Waals surface area contributed by atoms with Crippen molar-refractivity contribution in [1.82, 2.24) is 0 Å². The van der Waals surface area contributed by atoms with Crippen molar-refractivity contribution in [2.24, 2.45) is 0 Å². The van der Waals surface area contributed by atoms with Gasteiger partial charge in [0.2, 0.25) is 0 Å². The van der Waals surface area contributed by atoms with E-state index in [0.717, 1.165) is 0 Å². The molecule has 0 amide bonds. The van der Waals surface area contributed by atoms with E-state index in [-0.39, 0.29) is 45.3 Å². The van der Waals surface area contributed by atoms with E-state index in [1.165, 1.54) is 0 Å². The van der Waals surface area contributed by atoms with Crippen LogP contribution in [-0.2, 0) is 19.2 Å². The smallest absolute Gasteiger partial charge is 0.303 e. The molecule has 0 heterocycles. The van der Waals surface area contributed by atoms with Crippen molar-refractivity contribution in [3.8, 4) is 0 Å². The lowest BCUT2D eigenvalue weighted by atomic mass is 10.2. The Bertz CT molecular complexity index is 282. The molecule has 10 heteroatoms. The van der Waals surface area contributed by atoms with Gasteiger partial charge in [0.15, 0.2) is 0 Å². The van der Waals surface area contributed by atoms with Gasteiger partial charge in [0.1, 0.15) is 0 Å². The van der Waals surface area contributed by atoms with E-state index in [4.69, 9.17) is 30.6 Å². The van der Waals surface area contributed by atoms with Crippen LogP contribution >= 0.6 is 0 Å². The minimum absolute atomic E-state index is 0.0632. The fourth-order valence-electron chi connectivity index (χ4n) is 0.605. The van der Waals surface area contributed by atoms with Crippen LogP contribution in [-0.4, -0.2) is 67.7 Å². The van der Waals surface area contributed by atoms with Gasteiger partial charge in [0.05, 0.1) is 26.1 Å². The molecule has 10 nitrogen and oxygen atoms in total. The third-order valence-corrected chi connectivity index (χ3v) is 1.43. The molecule has 0 aliphatic carbocycles. The first-order valence-electron chi connectivity index (χ1n) is 5.76. The highest BCUT2D eigenvalue weighted by molar-refractivity contribution is 5.75. The number of hydrogen-bond donors (Lipinski definition) is 6. The van der Waals surface area contributed by atoms with E-state index in [2.05, 4.69) is 0 Å². The Labute approximate surface area is 120 Å². The Morgan fingerprint density at radius 1 is 0.524 bits per heavy atom. The molecule has 0 radical (unpaired) electrons. The second kappa shape index (κ2) is 17.8. The molecule has 0 spiro atoms. The number of carbonyl (C=O) groups is 4. The summed E-state index contributed by atoms with van der Waals surface area (Å²) >= 11 is 0. The number of aliphatic hydroxyl groups excluding tert-OH is 2. The first kappa shape index (κ1) is 23.9. The summed E-state index contributed by atoms with van der Waals surface area (Å²) in [4.78, 5) is 38.9. The van der Waals surface area contributed by atoms with Crippen LogP contribution in [0.5, 0.6) is 0 Å². The van der Waals surface area contributed by atoms with Gasteiger partial charge >= 0.3 is 23.9 Å². The van der Waals surface area contributed by atoms with E-state index in [0.29, 0.717) is 0 Å². The summed E-state index contributed by atoms with van der Waals surface area (Å²) in [6.07, 6.45) is -0.506. The van der Waals surface area contributed by atoms with E-state index in [9.17, 15) is 19.2 Å². The zero-order valence-electron chi connectivity index (χ0n) is 11.3. The van der Waals surface area contributed by atoms with Crippen LogP contribution in [0, 0.1) is 0 Å². The minimum atomic E-state index is -1.08. The molecule has 0 aromatic heterocycles. The van der Waals surface area contributed by atoms with Gasteiger partial charge < -0.3 is 30.6 Å². The van der Waals surface area contributed by atoms with Gasteiger partial charge in [-0.2, -0.15) is 0 Å². The Kier molecular flexibility index (Phi) is 20.2. The monoisotopic (exact) mass is 312 g/mol. The Hall–Kier alpha value is -2.20. The first-order chi connectivity index (χ1) is 9.67. The molecule has 0 aliphatic rings. The normalized spacial score (nSPS) is 8.48. The summed E-state index contributed by atoms with van der Waals surface area (Å²) < 4.78 is 0.